The second-order valence-corrected chi connectivity index (χ2v) is 19.2. The first-order chi connectivity index (χ1) is 22.5. The Balaban J connectivity index is 1.25. The number of aromatic carboxylic acids is 1. The van der Waals surface area contributed by atoms with Crippen molar-refractivity contribution in [2.75, 3.05) is 27.2 Å². The van der Waals surface area contributed by atoms with E-state index in [0.29, 0.717) is 52.4 Å². The summed E-state index contributed by atoms with van der Waals surface area (Å²) in [5.74, 6) is 3.45. The Bertz CT molecular complexity index is 1360. The van der Waals surface area contributed by atoms with Crippen molar-refractivity contribution < 1.29 is 14.7 Å². The van der Waals surface area contributed by atoms with Gasteiger partial charge in [-0.3, -0.25) is 0 Å². The fraction of sp³-hybridized carbons (Fsp3) is 0.810. The van der Waals surface area contributed by atoms with Crippen LogP contribution in [0.3, 0.4) is 0 Å². The van der Waals surface area contributed by atoms with Gasteiger partial charge in [-0.25, -0.2) is 9.59 Å². The molecule has 3 N–H and O–H groups in total. The van der Waals surface area contributed by atoms with Gasteiger partial charge in [0.1, 0.15) is 0 Å². The molecule has 48 heavy (non-hydrogen) atoms. The number of carboxylic acid groups (broad SMARTS) is 1. The highest BCUT2D eigenvalue weighted by Crippen LogP contribution is 2.77. The summed E-state index contributed by atoms with van der Waals surface area (Å²) in [6.07, 6.45) is 13.3. The number of carboxylic acids is 1. The van der Waals surface area contributed by atoms with Gasteiger partial charge in [-0.2, -0.15) is 0 Å². The number of amides is 2. The molecule has 268 valence electrons. The van der Waals surface area contributed by atoms with Gasteiger partial charge >= 0.3 is 12.0 Å². The summed E-state index contributed by atoms with van der Waals surface area (Å²) >= 11 is 0. The molecule has 0 spiro atoms. The summed E-state index contributed by atoms with van der Waals surface area (Å²) in [5.41, 5.74) is 2.63. The molecule has 5 fully saturated rings. The van der Waals surface area contributed by atoms with Crippen LogP contribution in [0.25, 0.3) is 0 Å². The highest BCUT2D eigenvalue weighted by Gasteiger charge is 2.71. The first kappa shape index (κ1) is 35.7. The van der Waals surface area contributed by atoms with Crippen LogP contribution in [0.2, 0.25) is 0 Å². The molecule has 0 aromatic heterocycles. The monoisotopic (exact) mass is 662 g/mol. The van der Waals surface area contributed by atoms with Gasteiger partial charge < -0.3 is 20.6 Å². The standard InChI is InChI=1S/C42H67N3O3/c1-27(2)30-17-22-42(44-37(48)43-25-10-26-45(8)9)24-23-40(6)32(35(30)42)15-16-34-39(5)20-18-31(28-11-13-29(14-12-28)36(46)47)38(3,4)33(39)19-21-41(34,40)7/h11-14,27,30-35H,10,15-26H2,1-9H3,(H,46,47)(H2,43,44,48)/t30-,31-,32+,33-,34+,35+,39-,40+,41+,42-/m0/s1. The lowest BCUT2D eigenvalue weighted by atomic mass is 9.32. The van der Waals surface area contributed by atoms with Crippen molar-refractivity contribution in [3.63, 3.8) is 0 Å². The molecule has 0 bridgehead atoms. The van der Waals surface area contributed by atoms with Crippen LogP contribution in [0.15, 0.2) is 24.3 Å². The molecule has 0 radical (unpaired) electrons. The Morgan fingerprint density at radius 1 is 0.854 bits per heavy atom. The second kappa shape index (κ2) is 12.6. The van der Waals surface area contributed by atoms with E-state index in [9.17, 15) is 14.7 Å². The fourth-order valence-corrected chi connectivity index (χ4v) is 13.9. The molecule has 5 aliphatic rings. The van der Waals surface area contributed by atoms with E-state index in [1.54, 1.807) is 0 Å². The van der Waals surface area contributed by atoms with E-state index in [2.05, 4.69) is 90.2 Å². The number of carbonyl (C=O) groups is 2. The van der Waals surface area contributed by atoms with E-state index in [-0.39, 0.29) is 27.8 Å². The maximum Gasteiger partial charge on any atom is 0.335 e. The molecule has 0 saturated heterocycles. The van der Waals surface area contributed by atoms with Gasteiger partial charge in [0, 0.05) is 12.1 Å². The predicted octanol–water partition coefficient (Wildman–Crippen LogP) is 9.21. The lowest BCUT2D eigenvalue weighted by Gasteiger charge is -2.73. The zero-order chi connectivity index (χ0) is 34.9. The molecular weight excluding hydrogens is 594 g/mol. The van der Waals surface area contributed by atoms with Crippen molar-refractivity contribution in [3.05, 3.63) is 35.4 Å². The summed E-state index contributed by atoms with van der Waals surface area (Å²) in [6.45, 7) is 19.7. The molecule has 1 aromatic carbocycles. The normalized spacial score (nSPS) is 41.6. The first-order valence-corrected chi connectivity index (χ1v) is 19.5. The van der Waals surface area contributed by atoms with Crippen molar-refractivity contribution in [2.45, 2.75) is 131 Å². The van der Waals surface area contributed by atoms with Crippen molar-refractivity contribution in [1.82, 2.24) is 15.5 Å². The summed E-state index contributed by atoms with van der Waals surface area (Å²) in [7, 11) is 4.18. The first-order valence-electron chi connectivity index (χ1n) is 19.5. The minimum Gasteiger partial charge on any atom is -0.478 e. The maximum atomic E-state index is 13.5. The quantitative estimate of drug-likeness (QED) is 0.243. The SMILES string of the molecule is CC(C)[C@@H]1CC[C@]2(NC(=O)NCCCN(C)C)CC[C@]3(C)[C@H](CC[C@@H]4[C@@]5(C)CC[C@@H](c6ccc(C(=O)O)cc6)C(C)(C)[C@@H]5CC[C@]43C)[C@@H]12. The number of fused-ring (bicyclic) bond motifs is 7. The Morgan fingerprint density at radius 3 is 2.21 bits per heavy atom. The lowest BCUT2D eigenvalue weighted by Crippen LogP contribution is -2.69. The number of benzene rings is 1. The molecule has 0 unspecified atom stereocenters. The van der Waals surface area contributed by atoms with E-state index in [0.717, 1.165) is 32.4 Å². The van der Waals surface area contributed by atoms with Crippen LogP contribution in [-0.2, 0) is 0 Å². The van der Waals surface area contributed by atoms with Gasteiger partial charge in [0.15, 0.2) is 0 Å². The minimum absolute atomic E-state index is 0.0521. The predicted molar refractivity (Wildman–Crippen MR) is 195 cm³/mol. The Labute approximate surface area is 292 Å². The molecule has 2 amide bonds. The van der Waals surface area contributed by atoms with Crippen LogP contribution in [-0.4, -0.2) is 54.7 Å². The number of hydrogen-bond donors (Lipinski definition) is 3. The van der Waals surface area contributed by atoms with Crippen molar-refractivity contribution in [2.24, 2.45) is 57.2 Å². The van der Waals surface area contributed by atoms with Crippen molar-refractivity contribution in [1.29, 1.82) is 0 Å². The van der Waals surface area contributed by atoms with E-state index in [1.165, 1.54) is 56.9 Å². The van der Waals surface area contributed by atoms with Crippen LogP contribution in [0, 0.1) is 57.2 Å². The topological polar surface area (TPSA) is 81.7 Å². The molecule has 0 aliphatic heterocycles. The molecule has 0 heterocycles. The van der Waals surface area contributed by atoms with Crippen LogP contribution in [0.5, 0.6) is 0 Å². The van der Waals surface area contributed by atoms with Crippen LogP contribution >= 0.6 is 0 Å². The van der Waals surface area contributed by atoms with Crippen LogP contribution in [0.1, 0.15) is 141 Å². The zero-order valence-electron chi connectivity index (χ0n) is 31.8. The van der Waals surface area contributed by atoms with Crippen molar-refractivity contribution in [3.8, 4) is 0 Å². The summed E-state index contributed by atoms with van der Waals surface area (Å²) in [6, 6.07) is 7.86. The van der Waals surface area contributed by atoms with Gasteiger partial charge in [0.2, 0.25) is 0 Å². The third kappa shape index (κ3) is 5.53. The number of carbonyl (C=O) groups excluding carboxylic acids is 1. The molecule has 10 atom stereocenters. The number of rotatable bonds is 8. The number of nitrogens with zero attached hydrogens (tertiary/aromatic N) is 1. The molecule has 6 heteroatoms. The molecule has 6 rings (SSSR count). The Kier molecular flexibility index (Phi) is 9.38. The number of urea groups is 1. The van der Waals surface area contributed by atoms with Gasteiger partial charge in [-0.05, 0) is 172 Å². The summed E-state index contributed by atoms with van der Waals surface area (Å²) in [4.78, 5) is 27.2. The smallest absolute Gasteiger partial charge is 0.335 e. The highest BCUT2D eigenvalue weighted by molar-refractivity contribution is 5.87. The molecule has 6 nitrogen and oxygen atoms in total. The highest BCUT2D eigenvalue weighted by atomic mass is 16.4. The van der Waals surface area contributed by atoms with Crippen LogP contribution < -0.4 is 10.6 Å². The fourth-order valence-electron chi connectivity index (χ4n) is 13.9. The Morgan fingerprint density at radius 2 is 1.56 bits per heavy atom. The zero-order valence-corrected chi connectivity index (χ0v) is 31.8. The van der Waals surface area contributed by atoms with Crippen LogP contribution in [0.4, 0.5) is 4.79 Å². The number of hydrogen-bond acceptors (Lipinski definition) is 3. The molecule has 1 aromatic rings. The molecule has 5 saturated carbocycles. The minimum atomic E-state index is -0.848. The van der Waals surface area contributed by atoms with E-state index < -0.39 is 5.97 Å². The van der Waals surface area contributed by atoms with E-state index >= 15 is 0 Å². The molecule has 5 aliphatic carbocycles. The number of nitrogens with one attached hydrogen (secondary N) is 2. The van der Waals surface area contributed by atoms with Gasteiger partial charge in [-0.15, -0.1) is 0 Å². The Hall–Kier alpha value is -2.08. The average molecular weight is 662 g/mol. The average Bonchev–Trinajstić information content (AvgIpc) is 3.39. The summed E-state index contributed by atoms with van der Waals surface area (Å²) in [5, 5.41) is 16.4. The van der Waals surface area contributed by atoms with Gasteiger partial charge in [0.05, 0.1) is 5.56 Å². The second-order valence-electron chi connectivity index (χ2n) is 19.2. The van der Waals surface area contributed by atoms with E-state index in [1.807, 2.05) is 12.1 Å². The molecular formula is C42H67N3O3. The third-order valence-corrected chi connectivity index (χ3v) is 16.4. The largest absolute Gasteiger partial charge is 0.478 e. The maximum absolute atomic E-state index is 13.5. The van der Waals surface area contributed by atoms with Gasteiger partial charge in [0.25, 0.3) is 0 Å². The van der Waals surface area contributed by atoms with Crippen molar-refractivity contribution >= 4 is 12.0 Å². The van der Waals surface area contributed by atoms with E-state index in [4.69, 9.17) is 0 Å². The lowest BCUT2D eigenvalue weighted by molar-refractivity contribution is -0.234. The third-order valence-electron chi connectivity index (χ3n) is 16.4. The van der Waals surface area contributed by atoms with Gasteiger partial charge in [-0.1, -0.05) is 60.6 Å². The summed E-state index contributed by atoms with van der Waals surface area (Å²) < 4.78 is 0.